The van der Waals surface area contributed by atoms with Gasteiger partial charge in [0, 0.05) is 0 Å². The van der Waals surface area contributed by atoms with Gasteiger partial charge in [0.1, 0.15) is 12.2 Å². The molecule has 1 aliphatic carbocycles. The summed E-state index contributed by atoms with van der Waals surface area (Å²) >= 11 is 0. The van der Waals surface area contributed by atoms with E-state index in [1.165, 1.54) is 37.7 Å². The molecule has 0 bridgehead atoms. The maximum atomic E-state index is 5.60. The van der Waals surface area contributed by atoms with Crippen LogP contribution in [0.1, 0.15) is 45.4 Å². The summed E-state index contributed by atoms with van der Waals surface area (Å²) < 4.78 is 11.0. The minimum absolute atomic E-state index is 0.0751. The van der Waals surface area contributed by atoms with Crippen molar-refractivity contribution in [3.8, 4) is 0 Å². The molecule has 2 fully saturated rings. The van der Waals surface area contributed by atoms with Crippen molar-refractivity contribution in [3.05, 3.63) is 11.8 Å². The van der Waals surface area contributed by atoms with E-state index in [1.807, 2.05) is 6.26 Å². The molecule has 0 aromatic carbocycles. The maximum Gasteiger partial charge on any atom is 0.125 e. The van der Waals surface area contributed by atoms with E-state index >= 15 is 0 Å². The lowest BCUT2D eigenvalue weighted by Gasteiger charge is -2.14. The average molecular weight is 196 g/mol. The summed E-state index contributed by atoms with van der Waals surface area (Å²) in [6, 6.07) is 0. The molecule has 2 heteroatoms. The van der Waals surface area contributed by atoms with E-state index in [0.29, 0.717) is 0 Å². The zero-order valence-corrected chi connectivity index (χ0v) is 9.05. The number of epoxide rings is 1. The van der Waals surface area contributed by atoms with Gasteiger partial charge in [-0.25, -0.2) is 0 Å². The van der Waals surface area contributed by atoms with Gasteiger partial charge in [0.05, 0.1) is 12.9 Å². The normalized spacial score (nSPS) is 31.4. The van der Waals surface area contributed by atoms with Crippen LogP contribution in [-0.4, -0.2) is 18.8 Å². The van der Waals surface area contributed by atoms with E-state index in [0.717, 1.165) is 19.6 Å². The van der Waals surface area contributed by atoms with Crippen molar-refractivity contribution in [2.75, 3.05) is 13.2 Å². The first-order valence-electron chi connectivity index (χ1n) is 5.78. The average Bonchev–Trinajstić information content (AvgIpc) is 3.00. The fraction of sp³-hybridized carbons (Fsp3) is 0.833. The summed E-state index contributed by atoms with van der Waals surface area (Å²) in [7, 11) is 0. The lowest BCUT2D eigenvalue weighted by Crippen LogP contribution is -2.16. The molecule has 1 saturated heterocycles. The van der Waals surface area contributed by atoms with E-state index in [-0.39, 0.29) is 5.60 Å². The zero-order valence-electron chi connectivity index (χ0n) is 9.05. The minimum atomic E-state index is 0.0751. The Morgan fingerprint density at radius 2 is 2.07 bits per heavy atom. The molecule has 1 heterocycles. The standard InChI is InChI=1S/C12H20O2/c1-2-12(10-14-12)9-13-8-11-6-4-3-5-7-11/h8H,2-7,9-10H2,1H3. The lowest BCUT2D eigenvalue weighted by atomic mass is 9.96. The van der Waals surface area contributed by atoms with Gasteiger partial charge in [0.15, 0.2) is 0 Å². The summed E-state index contributed by atoms with van der Waals surface area (Å²) in [5.74, 6) is 0. The maximum absolute atomic E-state index is 5.60. The number of ether oxygens (including phenoxy) is 2. The zero-order chi connectivity index (χ0) is 9.86. The first kappa shape index (κ1) is 10.0. The molecular weight excluding hydrogens is 176 g/mol. The second-order valence-corrected chi connectivity index (χ2v) is 4.47. The second-order valence-electron chi connectivity index (χ2n) is 4.47. The van der Waals surface area contributed by atoms with Gasteiger partial charge in [-0.3, -0.25) is 0 Å². The van der Waals surface area contributed by atoms with Crippen LogP contribution in [0.15, 0.2) is 11.8 Å². The van der Waals surface area contributed by atoms with Crippen molar-refractivity contribution in [2.45, 2.75) is 51.0 Å². The fourth-order valence-electron chi connectivity index (χ4n) is 1.93. The van der Waals surface area contributed by atoms with Gasteiger partial charge in [-0.1, -0.05) is 13.3 Å². The van der Waals surface area contributed by atoms with Crippen molar-refractivity contribution >= 4 is 0 Å². The molecule has 0 radical (unpaired) electrons. The smallest absolute Gasteiger partial charge is 0.125 e. The highest BCUT2D eigenvalue weighted by Crippen LogP contribution is 2.31. The van der Waals surface area contributed by atoms with E-state index in [1.54, 1.807) is 0 Å². The molecule has 0 aromatic heterocycles. The van der Waals surface area contributed by atoms with Gasteiger partial charge in [0.25, 0.3) is 0 Å². The quantitative estimate of drug-likeness (QED) is 0.509. The predicted octanol–water partition coefficient (Wildman–Crippen LogP) is 3.03. The Bertz CT molecular complexity index is 208. The Hall–Kier alpha value is -0.500. The number of allylic oxidation sites excluding steroid dienone is 1. The molecule has 1 unspecified atom stereocenters. The van der Waals surface area contributed by atoms with Crippen LogP contribution < -0.4 is 0 Å². The topological polar surface area (TPSA) is 21.8 Å². The molecule has 0 amide bonds. The third-order valence-corrected chi connectivity index (χ3v) is 3.29. The fourth-order valence-corrected chi connectivity index (χ4v) is 1.93. The SMILES string of the molecule is CCC1(COC=C2CCCCC2)CO1. The molecule has 2 nitrogen and oxygen atoms in total. The van der Waals surface area contributed by atoms with Crippen LogP contribution in [0, 0.1) is 0 Å². The summed E-state index contributed by atoms with van der Waals surface area (Å²) in [5.41, 5.74) is 1.56. The summed E-state index contributed by atoms with van der Waals surface area (Å²) in [5, 5.41) is 0. The summed E-state index contributed by atoms with van der Waals surface area (Å²) in [6.45, 7) is 3.78. The summed E-state index contributed by atoms with van der Waals surface area (Å²) in [6.07, 6.45) is 9.59. The molecule has 1 saturated carbocycles. The molecule has 1 aliphatic heterocycles. The summed E-state index contributed by atoms with van der Waals surface area (Å²) in [4.78, 5) is 0. The van der Waals surface area contributed by atoms with Crippen LogP contribution in [-0.2, 0) is 9.47 Å². The Morgan fingerprint density at radius 3 is 2.64 bits per heavy atom. The molecule has 14 heavy (non-hydrogen) atoms. The first-order valence-corrected chi connectivity index (χ1v) is 5.78. The second kappa shape index (κ2) is 4.35. The van der Waals surface area contributed by atoms with E-state index < -0.39 is 0 Å². The van der Waals surface area contributed by atoms with Crippen molar-refractivity contribution in [1.82, 2.24) is 0 Å². The first-order chi connectivity index (χ1) is 6.85. The number of hydrogen-bond acceptors (Lipinski definition) is 2. The third-order valence-electron chi connectivity index (χ3n) is 3.29. The van der Waals surface area contributed by atoms with Crippen LogP contribution in [0.2, 0.25) is 0 Å². The van der Waals surface area contributed by atoms with Gasteiger partial charge >= 0.3 is 0 Å². The molecule has 80 valence electrons. The molecule has 0 N–H and O–H groups in total. The Labute approximate surface area is 86.3 Å². The van der Waals surface area contributed by atoms with Gasteiger partial charge in [-0.2, -0.15) is 0 Å². The van der Waals surface area contributed by atoms with Crippen LogP contribution >= 0.6 is 0 Å². The van der Waals surface area contributed by atoms with E-state index in [4.69, 9.17) is 9.47 Å². The largest absolute Gasteiger partial charge is 0.498 e. The highest BCUT2D eigenvalue weighted by molar-refractivity contribution is 5.01. The van der Waals surface area contributed by atoms with Crippen LogP contribution in [0.3, 0.4) is 0 Å². The van der Waals surface area contributed by atoms with Gasteiger partial charge in [-0.05, 0) is 37.7 Å². The highest BCUT2D eigenvalue weighted by Gasteiger charge is 2.43. The van der Waals surface area contributed by atoms with Crippen molar-refractivity contribution in [2.24, 2.45) is 0 Å². The van der Waals surface area contributed by atoms with E-state index in [2.05, 4.69) is 6.92 Å². The van der Waals surface area contributed by atoms with Crippen LogP contribution in [0.4, 0.5) is 0 Å². The van der Waals surface area contributed by atoms with Crippen molar-refractivity contribution in [3.63, 3.8) is 0 Å². The van der Waals surface area contributed by atoms with Gasteiger partial charge < -0.3 is 9.47 Å². The number of rotatable bonds is 4. The highest BCUT2D eigenvalue weighted by atomic mass is 16.6. The Kier molecular flexibility index (Phi) is 3.12. The Morgan fingerprint density at radius 1 is 1.36 bits per heavy atom. The lowest BCUT2D eigenvalue weighted by molar-refractivity contribution is 0.146. The molecule has 0 aromatic rings. The molecule has 0 spiro atoms. The minimum Gasteiger partial charge on any atom is -0.498 e. The van der Waals surface area contributed by atoms with E-state index in [9.17, 15) is 0 Å². The predicted molar refractivity (Wildman–Crippen MR) is 56.1 cm³/mol. The van der Waals surface area contributed by atoms with Gasteiger partial charge in [0.2, 0.25) is 0 Å². The molecule has 2 aliphatic rings. The monoisotopic (exact) mass is 196 g/mol. The van der Waals surface area contributed by atoms with Crippen molar-refractivity contribution < 1.29 is 9.47 Å². The van der Waals surface area contributed by atoms with Gasteiger partial charge in [-0.15, -0.1) is 0 Å². The molecule has 1 atom stereocenters. The van der Waals surface area contributed by atoms with Crippen LogP contribution in [0.25, 0.3) is 0 Å². The third kappa shape index (κ3) is 2.50. The van der Waals surface area contributed by atoms with Crippen LogP contribution in [0.5, 0.6) is 0 Å². The molecular formula is C12H20O2. The number of hydrogen-bond donors (Lipinski definition) is 0. The Balaban J connectivity index is 1.70. The van der Waals surface area contributed by atoms with Crippen molar-refractivity contribution in [1.29, 1.82) is 0 Å². The molecule has 2 rings (SSSR count).